The molecule has 1 heterocycles. The highest BCUT2D eigenvalue weighted by atomic mass is 19.4. The molecule has 3 aromatic rings. The van der Waals surface area contributed by atoms with Crippen LogP contribution in [0.3, 0.4) is 0 Å². The Bertz CT molecular complexity index is 1250. The lowest BCUT2D eigenvalue weighted by Gasteiger charge is -2.17. The summed E-state index contributed by atoms with van der Waals surface area (Å²) in [5.41, 5.74) is 3.46. The summed E-state index contributed by atoms with van der Waals surface area (Å²) in [4.78, 5) is 26.3. The quantitative estimate of drug-likeness (QED) is 0.395. The van der Waals surface area contributed by atoms with E-state index in [1.54, 1.807) is 25.1 Å². The Morgan fingerprint density at radius 3 is 2.46 bits per heavy atom. The molecule has 4 rings (SSSR count). The van der Waals surface area contributed by atoms with Gasteiger partial charge in [0.05, 0.1) is 25.1 Å². The maximum atomic E-state index is 13.0. The van der Waals surface area contributed by atoms with Crippen LogP contribution in [0.2, 0.25) is 0 Å². The zero-order valence-electron chi connectivity index (χ0n) is 19.3. The fourth-order valence-electron chi connectivity index (χ4n) is 4.03. The van der Waals surface area contributed by atoms with Gasteiger partial charge in [-0.25, -0.2) is 0 Å². The predicted octanol–water partition coefficient (Wildman–Crippen LogP) is 5.86. The van der Waals surface area contributed by atoms with Gasteiger partial charge < -0.3 is 14.4 Å². The lowest BCUT2D eigenvalue weighted by atomic mass is 10.0. The molecule has 0 radical (unpaired) electrons. The van der Waals surface area contributed by atoms with E-state index in [9.17, 15) is 22.8 Å². The molecule has 0 N–H and O–H groups in total. The van der Waals surface area contributed by atoms with Crippen molar-refractivity contribution in [3.05, 3.63) is 94.0 Å². The van der Waals surface area contributed by atoms with E-state index in [0.29, 0.717) is 23.6 Å². The first-order chi connectivity index (χ1) is 16.7. The number of nitrogens with zero attached hydrogens (tertiary/aromatic N) is 1. The summed E-state index contributed by atoms with van der Waals surface area (Å²) in [6, 6.07) is 15.4. The third-order valence-corrected chi connectivity index (χ3v) is 5.93. The molecule has 0 spiro atoms. The maximum absolute atomic E-state index is 13.0. The third kappa shape index (κ3) is 5.31. The van der Waals surface area contributed by atoms with Crippen LogP contribution in [0.15, 0.2) is 60.7 Å². The Hall–Kier alpha value is -3.81. The first-order valence-corrected chi connectivity index (χ1v) is 11.1. The van der Waals surface area contributed by atoms with E-state index in [1.807, 2.05) is 25.1 Å². The van der Waals surface area contributed by atoms with Crippen LogP contribution in [0.25, 0.3) is 0 Å². The van der Waals surface area contributed by atoms with E-state index in [4.69, 9.17) is 9.47 Å². The number of benzene rings is 3. The van der Waals surface area contributed by atoms with Crippen molar-refractivity contribution in [2.24, 2.45) is 0 Å². The van der Waals surface area contributed by atoms with Crippen LogP contribution in [0.1, 0.15) is 45.1 Å². The number of amides is 1. The fraction of sp³-hybridized carbons (Fsp3) is 0.259. The number of ether oxygens (including phenoxy) is 2. The minimum Gasteiger partial charge on any atom is -0.489 e. The summed E-state index contributed by atoms with van der Waals surface area (Å²) in [5.74, 6) is 0.000544. The summed E-state index contributed by atoms with van der Waals surface area (Å²) >= 11 is 0. The fourth-order valence-corrected chi connectivity index (χ4v) is 4.03. The highest BCUT2D eigenvalue weighted by Gasteiger charge is 2.33. The highest BCUT2D eigenvalue weighted by molar-refractivity contribution is 6.10. The van der Waals surface area contributed by atoms with E-state index >= 15 is 0 Å². The molecule has 0 bridgehead atoms. The lowest BCUT2D eigenvalue weighted by molar-refractivity contribution is -0.142. The van der Waals surface area contributed by atoms with Crippen LogP contribution < -0.4 is 9.64 Å². The molecule has 1 aliphatic heterocycles. The van der Waals surface area contributed by atoms with Gasteiger partial charge in [0.15, 0.2) is 0 Å². The molecule has 5 nitrogen and oxygen atoms in total. The van der Waals surface area contributed by atoms with Crippen molar-refractivity contribution < 1.29 is 32.2 Å². The van der Waals surface area contributed by atoms with Crippen molar-refractivity contribution >= 4 is 17.6 Å². The number of fused-ring (bicyclic) bond motifs is 1. The van der Waals surface area contributed by atoms with Gasteiger partial charge in [-0.3, -0.25) is 9.59 Å². The third-order valence-electron chi connectivity index (χ3n) is 5.93. The summed E-state index contributed by atoms with van der Waals surface area (Å²) in [6.45, 7) is 4.41. The molecule has 182 valence electrons. The van der Waals surface area contributed by atoms with Crippen molar-refractivity contribution in [3.8, 4) is 5.75 Å². The van der Waals surface area contributed by atoms with Crippen molar-refractivity contribution in [2.75, 3.05) is 11.5 Å². The summed E-state index contributed by atoms with van der Waals surface area (Å²) in [7, 11) is 0. The van der Waals surface area contributed by atoms with Crippen LogP contribution in [-0.2, 0) is 35.3 Å². The Kier molecular flexibility index (Phi) is 6.82. The Labute approximate surface area is 201 Å². The molecule has 0 fully saturated rings. The van der Waals surface area contributed by atoms with Crippen LogP contribution in [-0.4, -0.2) is 18.5 Å². The number of hydrogen-bond acceptors (Lipinski definition) is 4. The van der Waals surface area contributed by atoms with E-state index in [-0.39, 0.29) is 31.4 Å². The molecule has 1 amide bonds. The monoisotopic (exact) mass is 483 g/mol. The number of hydrogen-bond donors (Lipinski definition) is 0. The Balaban J connectivity index is 1.50. The van der Waals surface area contributed by atoms with Gasteiger partial charge >= 0.3 is 12.1 Å². The highest BCUT2D eigenvalue weighted by Crippen LogP contribution is 2.34. The number of rotatable bonds is 7. The second-order valence-electron chi connectivity index (χ2n) is 8.24. The summed E-state index contributed by atoms with van der Waals surface area (Å²) in [5, 5.41) is 0. The first-order valence-electron chi connectivity index (χ1n) is 11.1. The minimum atomic E-state index is -4.44. The second kappa shape index (κ2) is 9.82. The number of carbonyl (C=O) groups excluding carboxylic acids is 2. The summed E-state index contributed by atoms with van der Waals surface area (Å²) in [6.07, 6.45) is -4.29. The largest absolute Gasteiger partial charge is 0.489 e. The van der Waals surface area contributed by atoms with Gasteiger partial charge in [0.1, 0.15) is 12.4 Å². The lowest BCUT2D eigenvalue weighted by Crippen LogP contribution is -2.23. The standard InChI is InChI=1S/C27H24F3NO4/c1-3-34-25(32)14-19-13-22(12-7-17(19)2)35-16-18-5-4-6-23-24(18)15-31(26(23)33)21-10-8-20(9-11-21)27(28,29)30/h4-13H,3,14-16H2,1-2H3. The number of halogens is 3. The van der Waals surface area contributed by atoms with Gasteiger partial charge in [0.25, 0.3) is 5.91 Å². The predicted molar refractivity (Wildman–Crippen MR) is 124 cm³/mol. The van der Waals surface area contributed by atoms with Gasteiger partial charge in [0, 0.05) is 11.3 Å². The molecule has 0 saturated heterocycles. The zero-order valence-corrected chi connectivity index (χ0v) is 19.3. The number of anilines is 1. The van der Waals surface area contributed by atoms with Crippen molar-refractivity contribution in [3.63, 3.8) is 0 Å². The topological polar surface area (TPSA) is 55.8 Å². The Morgan fingerprint density at radius 1 is 1.03 bits per heavy atom. The molecule has 0 aliphatic carbocycles. The Morgan fingerprint density at radius 2 is 1.77 bits per heavy atom. The number of esters is 1. The molecule has 0 unspecified atom stereocenters. The van der Waals surface area contributed by atoms with Crippen LogP contribution in [0, 0.1) is 6.92 Å². The smallest absolute Gasteiger partial charge is 0.416 e. The second-order valence-corrected chi connectivity index (χ2v) is 8.24. The maximum Gasteiger partial charge on any atom is 0.416 e. The van der Waals surface area contributed by atoms with E-state index in [0.717, 1.165) is 34.4 Å². The van der Waals surface area contributed by atoms with Gasteiger partial charge in [-0.05, 0) is 78.6 Å². The number of carbonyl (C=O) groups is 2. The van der Waals surface area contributed by atoms with E-state index in [1.165, 1.54) is 17.0 Å². The van der Waals surface area contributed by atoms with Gasteiger partial charge in [-0.15, -0.1) is 0 Å². The van der Waals surface area contributed by atoms with Gasteiger partial charge in [-0.1, -0.05) is 18.2 Å². The molecule has 8 heteroatoms. The van der Waals surface area contributed by atoms with E-state index in [2.05, 4.69) is 0 Å². The van der Waals surface area contributed by atoms with Crippen molar-refractivity contribution in [2.45, 2.75) is 39.6 Å². The number of aryl methyl sites for hydroxylation is 1. The summed E-state index contributed by atoms with van der Waals surface area (Å²) < 4.78 is 49.7. The molecule has 1 aliphatic rings. The normalized spacial score (nSPS) is 13.1. The van der Waals surface area contributed by atoms with Crippen LogP contribution in [0.5, 0.6) is 5.75 Å². The average molecular weight is 483 g/mol. The van der Waals surface area contributed by atoms with Crippen molar-refractivity contribution in [1.82, 2.24) is 0 Å². The molecule has 35 heavy (non-hydrogen) atoms. The molecule has 0 aromatic heterocycles. The van der Waals surface area contributed by atoms with Crippen LogP contribution >= 0.6 is 0 Å². The number of alkyl halides is 3. The van der Waals surface area contributed by atoms with Crippen LogP contribution in [0.4, 0.5) is 18.9 Å². The van der Waals surface area contributed by atoms with E-state index < -0.39 is 11.7 Å². The molecule has 0 saturated carbocycles. The molecule has 0 atom stereocenters. The SMILES string of the molecule is CCOC(=O)Cc1cc(OCc2cccc3c2CN(c2ccc(C(F)(F)F)cc2)C3=O)ccc1C. The average Bonchev–Trinajstić information content (AvgIpc) is 3.16. The molecular formula is C27H24F3NO4. The molecular weight excluding hydrogens is 459 g/mol. The van der Waals surface area contributed by atoms with Crippen molar-refractivity contribution in [1.29, 1.82) is 0 Å². The first kappa shape index (κ1) is 24.3. The minimum absolute atomic E-state index is 0.147. The molecule has 3 aromatic carbocycles. The van der Waals surface area contributed by atoms with Gasteiger partial charge in [-0.2, -0.15) is 13.2 Å². The zero-order chi connectivity index (χ0) is 25.2. The van der Waals surface area contributed by atoms with Gasteiger partial charge in [0.2, 0.25) is 0 Å².